The maximum atomic E-state index is 2.49. The standard InChI is InChI=1S/C47H49N2S2/c1-7-48-40-22-20-36-16-9-11-18-38(36)44(40)50-42(48)26-34-24-32(28-46(3,4)30-34)14-13-15-33-25-35(31-47(5,6)29-33)27-43-49(8-2)41-23-21-37-17-10-12-19-39(37)45(41)51-43/h9-27H,7-8,28-31H2,1-6H3/q+1. The smallest absolute Gasteiger partial charge is 0.263 e. The molecule has 0 saturated carbocycles. The van der Waals surface area contributed by atoms with Crippen molar-refractivity contribution >= 4 is 66.6 Å². The summed E-state index contributed by atoms with van der Waals surface area (Å²) in [6.45, 7) is 16.1. The van der Waals surface area contributed by atoms with Gasteiger partial charge in [-0.05, 0) is 107 Å². The van der Waals surface area contributed by atoms with E-state index in [1.54, 1.807) is 0 Å². The Labute approximate surface area is 312 Å². The summed E-state index contributed by atoms with van der Waals surface area (Å²) in [4.78, 5) is 3.88. The zero-order valence-electron chi connectivity index (χ0n) is 30.9. The second kappa shape index (κ2) is 13.5. The number of allylic oxidation sites excluding steroid dienone is 10. The van der Waals surface area contributed by atoms with Gasteiger partial charge in [0.05, 0.1) is 10.7 Å². The van der Waals surface area contributed by atoms with Crippen molar-refractivity contribution in [2.75, 3.05) is 11.4 Å². The first kappa shape index (κ1) is 34.0. The third kappa shape index (κ3) is 6.81. The topological polar surface area (TPSA) is 7.12 Å². The lowest BCUT2D eigenvalue weighted by Gasteiger charge is -2.31. The zero-order valence-corrected chi connectivity index (χ0v) is 32.6. The molecule has 0 N–H and O–H groups in total. The van der Waals surface area contributed by atoms with Gasteiger partial charge in [-0.1, -0.05) is 136 Å². The summed E-state index contributed by atoms with van der Waals surface area (Å²) >= 11 is 3.87. The van der Waals surface area contributed by atoms with Gasteiger partial charge in [-0.25, -0.2) is 0 Å². The highest BCUT2D eigenvalue weighted by atomic mass is 32.2. The fourth-order valence-corrected chi connectivity index (χ4v) is 11.2. The molecule has 3 aliphatic rings. The lowest BCUT2D eigenvalue weighted by Crippen LogP contribution is -2.33. The molecule has 2 aliphatic carbocycles. The first-order valence-electron chi connectivity index (χ1n) is 18.6. The maximum Gasteiger partial charge on any atom is 0.263 e. The summed E-state index contributed by atoms with van der Waals surface area (Å²) in [6.07, 6.45) is 21.2. The van der Waals surface area contributed by atoms with Gasteiger partial charge < -0.3 is 4.90 Å². The van der Waals surface area contributed by atoms with Gasteiger partial charge in [-0.15, -0.1) is 0 Å². The number of nitrogens with zero attached hydrogens (tertiary/aromatic N) is 2. The number of thiazole rings is 1. The fraction of sp³-hybridized carbons (Fsp3) is 0.298. The number of hydrogen-bond acceptors (Lipinski definition) is 3. The Morgan fingerprint density at radius 1 is 0.725 bits per heavy atom. The van der Waals surface area contributed by atoms with Gasteiger partial charge in [0.25, 0.3) is 5.01 Å². The monoisotopic (exact) mass is 705 g/mol. The number of thioether (sulfide) groups is 1. The molecule has 0 saturated heterocycles. The molecule has 0 radical (unpaired) electrons. The average molecular weight is 706 g/mol. The van der Waals surface area contributed by atoms with Gasteiger partial charge in [0, 0.05) is 29.0 Å². The van der Waals surface area contributed by atoms with Crippen molar-refractivity contribution in [3.05, 3.63) is 142 Å². The Kier molecular flexibility index (Phi) is 8.97. The lowest BCUT2D eigenvalue weighted by atomic mass is 9.74. The van der Waals surface area contributed by atoms with Crippen LogP contribution in [0.2, 0.25) is 0 Å². The first-order valence-corrected chi connectivity index (χ1v) is 20.2. The summed E-state index contributed by atoms with van der Waals surface area (Å²) in [6, 6.07) is 26.7. The van der Waals surface area contributed by atoms with Gasteiger partial charge in [0.2, 0.25) is 5.52 Å². The highest BCUT2D eigenvalue weighted by Gasteiger charge is 2.30. The van der Waals surface area contributed by atoms with E-state index in [0.717, 1.165) is 38.8 Å². The van der Waals surface area contributed by atoms with Gasteiger partial charge >= 0.3 is 0 Å². The molecule has 0 spiro atoms. The maximum absolute atomic E-state index is 2.49. The fourth-order valence-electron chi connectivity index (χ4n) is 8.55. The van der Waals surface area contributed by atoms with E-state index in [1.165, 1.54) is 74.7 Å². The number of aromatic nitrogens is 1. The lowest BCUT2D eigenvalue weighted by molar-refractivity contribution is -0.665. The van der Waals surface area contributed by atoms with Crippen LogP contribution in [0.1, 0.15) is 72.2 Å². The molecule has 0 amide bonds. The number of fused-ring (bicyclic) bond motifs is 6. The largest absolute Gasteiger partial charge is 0.335 e. The second-order valence-electron chi connectivity index (χ2n) is 16.1. The second-order valence-corrected chi connectivity index (χ2v) is 18.1. The van der Waals surface area contributed by atoms with Crippen LogP contribution < -0.4 is 9.47 Å². The molecule has 8 rings (SSSR count). The molecule has 1 aliphatic heterocycles. The minimum atomic E-state index is 0.215. The van der Waals surface area contributed by atoms with E-state index < -0.39 is 0 Å². The molecule has 2 heterocycles. The molecule has 2 nitrogen and oxygen atoms in total. The molecule has 0 bridgehead atoms. The van der Waals surface area contributed by atoms with E-state index in [-0.39, 0.29) is 10.8 Å². The molecule has 4 aromatic carbocycles. The van der Waals surface area contributed by atoms with Crippen LogP contribution >= 0.6 is 23.1 Å². The van der Waals surface area contributed by atoms with Gasteiger partial charge in [-0.2, -0.15) is 4.57 Å². The predicted octanol–water partition coefficient (Wildman–Crippen LogP) is 13.3. The molecular formula is C47H49N2S2+. The number of rotatable bonds is 6. The van der Waals surface area contributed by atoms with Crippen molar-refractivity contribution in [2.24, 2.45) is 10.8 Å². The van der Waals surface area contributed by atoms with Crippen LogP contribution in [0.5, 0.6) is 0 Å². The Bertz CT molecular complexity index is 2370. The van der Waals surface area contributed by atoms with Crippen LogP contribution in [0, 0.1) is 10.8 Å². The van der Waals surface area contributed by atoms with Crippen molar-refractivity contribution in [1.29, 1.82) is 0 Å². The van der Waals surface area contributed by atoms with Crippen molar-refractivity contribution in [3.63, 3.8) is 0 Å². The summed E-state index contributed by atoms with van der Waals surface area (Å²) in [5.41, 5.74) is 8.78. The Morgan fingerprint density at radius 2 is 1.39 bits per heavy atom. The first-order chi connectivity index (χ1) is 24.6. The summed E-state index contributed by atoms with van der Waals surface area (Å²) < 4.78 is 3.88. The van der Waals surface area contributed by atoms with Crippen LogP contribution in [-0.2, 0) is 6.54 Å². The molecular weight excluding hydrogens is 657 g/mol. The summed E-state index contributed by atoms with van der Waals surface area (Å²) in [5, 5.41) is 8.01. The molecule has 4 heteroatoms. The highest BCUT2D eigenvalue weighted by molar-refractivity contribution is 8.04. The number of anilines is 1. The third-order valence-corrected chi connectivity index (χ3v) is 12.9. The minimum Gasteiger partial charge on any atom is -0.335 e. The van der Waals surface area contributed by atoms with Crippen LogP contribution in [0.4, 0.5) is 5.69 Å². The molecule has 0 fully saturated rings. The van der Waals surface area contributed by atoms with Gasteiger partial charge in [0.1, 0.15) is 11.2 Å². The Balaban J connectivity index is 1.08. The molecule has 5 aromatic rings. The van der Waals surface area contributed by atoms with E-state index in [1.807, 2.05) is 23.1 Å². The highest BCUT2D eigenvalue weighted by Crippen LogP contribution is 2.50. The van der Waals surface area contributed by atoms with E-state index in [4.69, 9.17) is 0 Å². The van der Waals surface area contributed by atoms with Crippen molar-refractivity contribution in [1.82, 2.24) is 0 Å². The average Bonchev–Trinajstić information content (AvgIpc) is 3.63. The summed E-state index contributed by atoms with van der Waals surface area (Å²) in [7, 11) is 0. The Morgan fingerprint density at radius 3 is 2.16 bits per heavy atom. The van der Waals surface area contributed by atoms with Crippen LogP contribution in [-0.4, -0.2) is 6.54 Å². The zero-order chi connectivity index (χ0) is 35.3. The van der Waals surface area contributed by atoms with Crippen LogP contribution in [0.3, 0.4) is 0 Å². The summed E-state index contributed by atoms with van der Waals surface area (Å²) in [5.74, 6) is 0. The van der Waals surface area contributed by atoms with Gasteiger partial charge in [-0.3, -0.25) is 0 Å². The Hall–Kier alpha value is -4.12. The van der Waals surface area contributed by atoms with E-state index in [9.17, 15) is 0 Å². The van der Waals surface area contributed by atoms with Crippen molar-refractivity contribution in [2.45, 2.75) is 78.7 Å². The number of benzene rings is 4. The molecule has 51 heavy (non-hydrogen) atoms. The van der Waals surface area contributed by atoms with E-state index >= 15 is 0 Å². The normalized spacial score (nSPS) is 21.1. The van der Waals surface area contributed by atoms with Crippen LogP contribution in [0.15, 0.2) is 141 Å². The molecule has 0 unspecified atom stereocenters. The predicted molar refractivity (Wildman–Crippen MR) is 224 cm³/mol. The van der Waals surface area contributed by atoms with E-state index in [2.05, 4.69) is 166 Å². The number of aryl methyl sites for hydroxylation is 1. The van der Waals surface area contributed by atoms with Gasteiger partial charge in [0.15, 0.2) is 0 Å². The van der Waals surface area contributed by atoms with Crippen LogP contribution in [0.25, 0.3) is 37.8 Å². The van der Waals surface area contributed by atoms with E-state index in [0.29, 0.717) is 0 Å². The molecule has 1 aromatic heterocycles. The molecule has 258 valence electrons. The van der Waals surface area contributed by atoms with Crippen molar-refractivity contribution < 1.29 is 4.57 Å². The van der Waals surface area contributed by atoms with Crippen molar-refractivity contribution in [3.8, 4) is 0 Å². The molecule has 0 atom stereocenters. The minimum absolute atomic E-state index is 0.215. The number of hydrogen-bond donors (Lipinski definition) is 0. The SMILES string of the molecule is CCN1/C(=C/C2=CC(=C/C=C/C3=CC(=C/c4sc5c6ccccc6ccc5[n+]4CC)/CC(C)(C)C3)/CC(C)(C)C2)Sc2c1ccc1ccccc21. The third-order valence-electron chi connectivity index (χ3n) is 10.6. The quantitative estimate of drug-likeness (QED) is 0.162.